The van der Waals surface area contributed by atoms with Crippen LogP contribution in [0.2, 0.25) is 0 Å². The quantitative estimate of drug-likeness (QED) is 0.802. The molecule has 0 aromatic rings. The van der Waals surface area contributed by atoms with Gasteiger partial charge >= 0.3 is 0 Å². The lowest BCUT2D eigenvalue weighted by Crippen LogP contribution is -2.38. The van der Waals surface area contributed by atoms with Gasteiger partial charge in [-0.2, -0.15) is 11.8 Å². The number of hydrogen-bond acceptors (Lipinski definition) is 3. The van der Waals surface area contributed by atoms with E-state index in [2.05, 4.69) is 24.0 Å². The molecule has 2 unspecified atom stereocenters. The van der Waals surface area contributed by atoms with Crippen molar-refractivity contribution in [1.29, 1.82) is 0 Å². The number of hydrogen-bond donors (Lipinski definition) is 1. The van der Waals surface area contributed by atoms with Gasteiger partial charge in [0.2, 0.25) is 0 Å². The molecule has 0 amide bonds. The van der Waals surface area contributed by atoms with E-state index >= 15 is 0 Å². The van der Waals surface area contributed by atoms with Gasteiger partial charge in [-0.1, -0.05) is 13.3 Å². The number of ether oxygens (including phenoxy) is 1. The maximum atomic E-state index is 5.40. The zero-order chi connectivity index (χ0) is 11.2. The summed E-state index contributed by atoms with van der Waals surface area (Å²) in [5.74, 6) is 2.13. The van der Waals surface area contributed by atoms with Crippen LogP contribution in [0, 0.1) is 5.92 Å². The second kappa shape index (κ2) is 6.87. The predicted molar refractivity (Wildman–Crippen MR) is 71.1 cm³/mol. The second-order valence-corrected chi connectivity index (χ2v) is 6.51. The van der Waals surface area contributed by atoms with E-state index < -0.39 is 0 Å². The normalized spacial score (nSPS) is 32.1. The molecule has 0 aromatic carbocycles. The lowest BCUT2D eigenvalue weighted by molar-refractivity contribution is 0.0655. The molecule has 2 aliphatic rings. The molecule has 1 aliphatic heterocycles. The third-order valence-electron chi connectivity index (χ3n) is 3.84. The Labute approximate surface area is 104 Å². The van der Waals surface area contributed by atoms with Crippen molar-refractivity contribution in [3.8, 4) is 0 Å². The highest BCUT2D eigenvalue weighted by Gasteiger charge is 2.27. The van der Waals surface area contributed by atoms with Crippen molar-refractivity contribution in [2.24, 2.45) is 5.92 Å². The van der Waals surface area contributed by atoms with Crippen LogP contribution in [-0.4, -0.2) is 36.8 Å². The summed E-state index contributed by atoms with van der Waals surface area (Å²) >= 11 is 2.15. The molecule has 0 aromatic heterocycles. The van der Waals surface area contributed by atoms with E-state index in [0.717, 1.165) is 30.4 Å². The summed E-state index contributed by atoms with van der Waals surface area (Å²) in [5.41, 5.74) is 0. The van der Waals surface area contributed by atoms with E-state index in [-0.39, 0.29) is 0 Å². The average Bonchev–Trinajstić information content (AvgIpc) is 2.76. The van der Waals surface area contributed by atoms with Crippen LogP contribution in [-0.2, 0) is 4.74 Å². The molecule has 2 nitrogen and oxygen atoms in total. The Morgan fingerprint density at radius 2 is 2.00 bits per heavy atom. The van der Waals surface area contributed by atoms with E-state index in [4.69, 9.17) is 4.74 Å². The Hall–Kier alpha value is 0.270. The number of thioether (sulfide) groups is 1. The van der Waals surface area contributed by atoms with Crippen LogP contribution in [0.25, 0.3) is 0 Å². The molecule has 2 fully saturated rings. The summed E-state index contributed by atoms with van der Waals surface area (Å²) in [6.07, 6.45) is 6.74. The highest BCUT2D eigenvalue weighted by molar-refractivity contribution is 7.99. The van der Waals surface area contributed by atoms with E-state index in [1.54, 1.807) is 0 Å². The minimum Gasteiger partial charge on any atom is -0.381 e. The molecule has 0 bridgehead atoms. The standard InChI is InChI=1S/C13H25NOS/c1-2-16-13-5-3-4-12(13)14-10-11-6-8-15-9-7-11/h11-14H,2-10H2,1H3. The highest BCUT2D eigenvalue weighted by Crippen LogP contribution is 2.30. The second-order valence-electron chi connectivity index (χ2n) is 5.00. The Morgan fingerprint density at radius 1 is 1.19 bits per heavy atom. The van der Waals surface area contributed by atoms with Gasteiger partial charge in [0.25, 0.3) is 0 Å². The molecule has 1 heterocycles. The van der Waals surface area contributed by atoms with Crippen LogP contribution < -0.4 is 5.32 Å². The van der Waals surface area contributed by atoms with Crippen LogP contribution in [0.3, 0.4) is 0 Å². The molecule has 16 heavy (non-hydrogen) atoms. The molecule has 94 valence electrons. The minimum atomic E-state index is 0.785. The Balaban J connectivity index is 1.67. The van der Waals surface area contributed by atoms with Crippen LogP contribution in [0.4, 0.5) is 0 Å². The fourth-order valence-electron chi connectivity index (χ4n) is 2.84. The monoisotopic (exact) mass is 243 g/mol. The molecule has 1 saturated heterocycles. The highest BCUT2D eigenvalue weighted by atomic mass is 32.2. The van der Waals surface area contributed by atoms with E-state index in [9.17, 15) is 0 Å². The Kier molecular flexibility index (Phi) is 5.46. The van der Waals surface area contributed by atoms with Gasteiger partial charge in [0, 0.05) is 24.5 Å². The van der Waals surface area contributed by atoms with E-state index in [0.29, 0.717) is 0 Å². The minimum absolute atomic E-state index is 0.785. The molecule has 0 spiro atoms. The van der Waals surface area contributed by atoms with Crippen LogP contribution >= 0.6 is 11.8 Å². The van der Waals surface area contributed by atoms with Gasteiger partial charge in [0.05, 0.1) is 0 Å². The van der Waals surface area contributed by atoms with Gasteiger partial charge in [0.1, 0.15) is 0 Å². The van der Waals surface area contributed by atoms with Gasteiger partial charge < -0.3 is 10.1 Å². The molecule has 1 saturated carbocycles. The summed E-state index contributed by atoms with van der Waals surface area (Å²) in [6, 6.07) is 0.785. The maximum Gasteiger partial charge on any atom is 0.0469 e. The fourth-order valence-corrected chi connectivity index (χ4v) is 4.07. The van der Waals surface area contributed by atoms with Gasteiger partial charge in [-0.15, -0.1) is 0 Å². The Morgan fingerprint density at radius 3 is 2.75 bits per heavy atom. The fraction of sp³-hybridized carbons (Fsp3) is 1.00. The zero-order valence-electron chi connectivity index (χ0n) is 10.4. The Bertz CT molecular complexity index is 194. The van der Waals surface area contributed by atoms with Crippen LogP contribution in [0.5, 0.6) is 0 Å². The van der Waals surface area contributed by atoms with Crippen molar-refractivity contribution in [3.63, 3.8) is 0 Å². The molecule has 2 atom stereocenters. The smallest absolute Gasteiger partial charge is 0.0469 e. The first-order valence-corrected chi connectivity index (χ1v) is 7.87. The van der Waals surface area contributed by atoms with Crippen molar-refractivity contribution in [1.82, 2.24) is 5.32 Å². The summed E-state index contributed by atoms with van der Waals surface area (Å²) in [5, 5.41) is 4.69. The molecule has 2 rings (SSSR count). The summed E-state index contributed by atoms with van der Waals surface area (Å²) in [6.45, 7) is 5.45. The average molecular weight is 243 g/mol. The molecule has 3 heteroatoms. The predicted octanol–water partition coefficient (Wildman–Crippen LogP) is 2.68. The van der Waals surface area contributed by atoms with Gasteiger partial charge in [-0.25, -0.2) is 0 Å². The third kappa shape index (κ3) is 3.64. The third-order valence-corrected chi connectivity index (χ3v) is 5.17. The molecular weight excluding hydrogens is 218 g/mol. The molecule has 0 radical (unpaired) electrons. The van der Waals surface area contributed by atoms with Gasteiger partial charge in [-0.05, 0) is 43.9 Å². The van der Waals surface area contributed by atoms with Crippen LogP contribution in [0.1, 0.15) is 39.0 Å². The maximum absolute atomic E-state index is 5.40. The van der Waals surface area contributed by atoms with Crippen molar-refractivity contribution >= 4 is 11.8 Å². The van der Waals surface area contributed by atoms with Crippen molar-refractivity contribution in [2.45, 2.75) is 50.3 Å². The SMILES string of the molecule is CCSC1CCCC1NCC1CCOCC1. The first-order valence-electron chi connectivity index (χ1n) is 6.83. The van der Waals surface area contributed by atoms with Crippen molar-refractivity contribution in [2.75, 3.05) is 25.5 Å². The van der Waals surface area contributed by atoms with Crippen molar-refractivity contribution < 1.29 is 4.74 Å². The zero-order valence-corrected chi connectivity index (χ0v) is 11.2. The summed E-state index contributed by atoms with van der Waals surface area (Å²) in [7, 11) is 0. The van der Waals surface area contributed by atoms with Crippen LogP contribution in [0.15, 0.2) is 0 Å². The van der Waals surface area contributed by atoms with Gasteiger partial charge in [-0.3, -0.25) is 0 Å². The van der Waals surface area contributed by atoms with Crippen molar-refractivity contribution in [3.05, 3.63) is 0 Å². The first kappa shape index (κ1) is 12.7. The van der Waals surface area contributed by atoms with Gasteiger partial charge in [0.15, 0.2) is 0 Å². The summed E-state index contributed by atoms with van der Waals surface area (Å²) in [4.78, 5) is 0. The topological polar surface area (TPSA) is 21.3 Å². The lowest BCUT2D eigenvalue weighted by atomic mass is 10.00. The van der Waals surface area contributed by atoms with E-state index in [1.165, 1.54) is 44.4 Å². The largest absolute Gasteiger partial charge is 0.381 e. The number of rotatable bonds is 5. The first-order chi connectivity index (χ1) is 7.90. The molecule has 1 aliphatic carbocycles. The lowest BCUT2D eigenvalue weighted by Gasteiger charge is -2.26. The molecular formula is C13H25NOS. The summed E-state index contributed by atoms with van der Waals surface area (Å²) < 4.78 is 5.40. The van der Waals surface area contributed by atoms with E-state index in [1.807, 2.05) is 0 Å². The molecule has 1 N–H and O–H groups in total. The number of nitrogens with one attached hydrogen (secondary N) is 1.